The zero-order chi connectivity index (χ0) is 0. The van der Waals surface area contributed by atoms with Crippen LogP contribution in [-0.2, 0) is 21.1 Å². The van der Waals surface area contributed by atoms with E-state index in [4.69, 9.17) is 0 Å². The maximum atomic E-state index is 0. The summed E-state index contributed by atoms with van der Waals surface area (Å²) in [6, 6.07) is 0. The van der Waals surface area contributed by atoms with Gasteiger partial charge in [0.2, 0.25) is 0 Å². The molecule has 0 heterocycles. The zero-order valence-corrected chi connectivity index (χ0v) is 4.19. The first-order valence-corrected chi connectivity index (χ1v) is 0. The van der Waals surface area contributed by atoms with Gasteiger partial charge in [-0.25, -0.2) is 0 Å². The van der Waals surface area contributed by atoms with Crippen LogP contribution < -0.4 is 6.15 Å². The predicted octanol–water partition coefficient (Wildman–Crippen LogP) is -0.194. The molecule has 0 aromatic heterocycles. The summed E-state index contributed by atoms with van der Waals surface area (Å²) >= 11 is 0. The number of rotatable bonds is 0. The fourth-order valence-electron chi connectivity index (χ4n) is 0. The molecule has 0 saturated carbocycles. The topological polar surface area (TPSA) is 95.0 Å². The van der Waals surface area contributed by atoms with Crippen molar-refractivity contribution in [2.45, 2.75) is 0 Å². The molecule has 0 aliphatic heterocycles. The molecule has 0 rings (SSSR count). The summed E-state index contributed by atoms with van der Waals surface area (Å²) in [5.74, 6) is 0. The fourth-order valence-corrected chi connectivity index (χ4v) is 0. The number of hydrogen-bond donors (Lipinski definition) is 1. The van der Waals surface area contributed by atoms with E-state index in [-0.39, 0.29) is 38.2 Å². The van der Waals surface area contributed by atoms with Gasteiger partial charge in [-0.1, -0.05) is 0 Å². The Morgan fingerprint density at radius 3 is 0.750 bits per heavy atom. The molecule has 4 heavy (non-hydrogen) atoms. The fraction of sp³-hybridized carbons (Fsp3) is 0. The number of hydrogen-bond acceptors (Lipinski definition) is 3. The van der Waals surface area contributed by atoms with E-state index in [1.807, 2.05) is 0 Å². The van der Waals surface area contributed by atoms with Gasteiger partial charge in [-0.05, 0) is 0 Å². The summed E-state index contributed by atoms with van der Waals surface area (Å²) in [5, 5.41) is 0. The maximum absolute atomic E-state index is 0. The van der Waals surface area contributed by atoms with E-state index in [0.29, 0.717) is 0 Å². The van der Waals surface area contributed by atoms with Crippen LogP contribution in [0.25, 0.3) is 0 Å². The van der Waals surface area contributed by atoms with Crippen LogP contribution in [0.4, 0.5) is 0 Å². The van der Waals surface area contributed by atoms with Crippen LogP contribution in [0.5, 0.6) is 0 Å². The second kappa shape index (κ2) is 72.9. The van der Waals surface area contributed by atoms with Crippen LogP contribution in [0.3, 0.4) is 0 Å². The molecule has 0 saturated heterocycles. The summed E-state index contributed by atoms with van der Waals surface area (Å²) in [6.07, 6.45) is 0. The molecule has 0 bridgehead atoms. The van der Waals surface area contributed by atoms with Crippen LogP contribution in [0, 0.1) is 0 Å². The van der Waals surface area contributed by atoms with E-state index in [2.05, 4.69) is 0 Å². The van der Waals surface area contributed by atoms with Gasteiger partial charge in [-0.2, -0.15) is 0 Å². The van der Waals surface area contributed by atoms with Gasteiger partial charge in [0.25, 0.3) is 0 Å². The molecule has 0 amide bonds. The van der Waals surface area contributed by atoms with Gasteiger partial charge in [0.05, 0.1) is 0 Å². The average Bonchev–Trinajstić information content (AvgIpc) is 0. The minimum absolute atomic E-state index is 0. The normalized spacial score (nSPS) is 0. The van der Waals surface area contributed by atoms with Crippen molar-refractivity contribution in [1.82, 2.24) is 6.15 Å². The minimum Gasteiger partial charge on any atom is -0.870 e. The van der Waals surface area contributed by atoms with Crippen molar-refractivity contribution in [3.63, 3.8) is 0 Å². The molecule has 4 heteroatoms. The standard InChI is InChI=1S/H3N.2H2O.Pt/h1H3;2*1H2;/q;;;+2/p-2. The maximum Gasteiger partial charge on any atom is 2.00 e. The van der Waals surface area contributed by atoms with Crippen molar-refractivity contribution in [3.8, 4) is 0 Å². The Kier molecular flexibility index (Phi) is 3280. The molecule has 0 aromatic rings. The smallest absolute Gasteiger partial charge is 0.870 e. The molecular weight excluding hydrogens is 241 g/mol. The van der Waals surface area contributed by atoms with Crippen molar-refractivity contribution < 1.29 is 32.0 Å². The Balaban J connectivity index is 0. The SMILES string of the molecule is N.[OH-].[OH-].[Pt+2]. The summed E-state index contributed by atoms with van der Waals surface area (Å²) < 4.78 is 0. The van der Waals surface area contributed by atoms with Crippen molar-refractivity contribution in [2.24, 2.45) is 0 Å². The van der Waals surface area contributed by atoms with Crippen LogP contribution in [0.15, 0.2) is 0 Å². The molecular formula is H5NO2Pt. The summed E-state index contributed by atoms with van der Waals surface area (Å²) in [4.78, 5) is 0. The van der Waals surface area contributed by atoms with E-state index in [1.54, 1.807) is 0 Å². The third kappa shape index (κ3) is 19.6. The van der Waals surface area contributed by atoms with Crippen molar-refractivity contribution >= 4 is 0 Å². The average molecular weight is 246 g/mol. The van der Waals surface area contributed by atoms with Gasteiger partial charge >= 0.3 is 21.1 Å². The summed E-state index contributed by atoms with van der Waals surface area (Å²) in [6.45, 7) is 0. The van der Waals surface area contributed by atoms with Crippen LogP contribution in [-0.4, -0.2) is 11.0 Å². The van der Waals surface area contributed by atoms with Crippen molar-refractivity contribution in [3.05, 3.63) is 0 Å². The summed E-state index contributed by atoms with van der Waals surface area (Å²) in [5.41, 5.74) is 0. The third-order valence-electron chi connectivity index (χ3n) is 0. The molecule has 0 aliphatic carbocycles. The molecule has 5 N–H and O–H groups in total. The Morgan fingerprint density at radius 1 is 0.750 bits per heavy atom. The van der Waals surface area contributed by atoms with E-state index in [9.17, 15) is 0 Å². The van der Waals surface area contributed by atoms with Crippen molar-refractivity contribution in [1.29, 1.82) is 0 Å². The molecule has 0 spiro atoms. The van der Waals surface area contributed by atoms with Gasteiger partial charge in [0.15, 0.2) is 0 Å². The van der Waals surface area contributed by atoms with E-state index in [1.165, 1.54) is 0 Å². The quantitative estimate of drug-likeness (QED) is 0.641. The second-order valence-corrected chi connectivity index (χ2v) is 0. The van der Waals surface area contributed by atoms with E-state index < -0.39 is 0 Å². The molecule has 3 nitrogen and oxygen atoms in total. The first-order valence-electron chi connectivity index (χ1n) is 0. The Hall–Kier alpha value is 0.568. The molecule has 0 atom stereocenters. The monoisotopic (exact) mass is 246 g/mol. The molecule has 0 unspecified atom stereocenters. The molecule has 0 aromatic carbocycles. The molecule has 0 radical (unpaired) electrons. The third-order valence-corrected chi connectivity index (χ3v) is 0. The molecule has 0 aliphatic rings. The zero-order valence-electron chi connectivity index (χ0n) is 1.92. The van der Waals surface area contributed by atoms with Gasteiger partial charge in [0.1, 0.15) is 0 Å². The van der Waals surface area contributed by atoms with Crippen LogP contribution in [0.1, 0.15) is 0 Å². The Morgan fingerprint density at radius 2 is 0.750 bits per heavy atom. The largest absolute Gasteiger partial charge is 2.00 e. The second-order valence-electron chi connectivity index (χ2n) is 0. The van der Waals surface area contributed by atoms with Crippen molar-refractivity contribution in [2.75, 3.05) is 0 Å². The Bertz CT molecular complexity index is 6.00. The molecule has 0 fully saturated rings. The minimum atomic E-state index is 0. The van der Waals surface area contributed by atoms with Gasteiger partial charge in [0, 0.05) is 0 Å². The van der Waals surface area contributed by atoms with Gasteiger partial charge in [-0.3, -0.25) is 0 Å². The van der Waals surface area contributed by atoms with E-state index >= 15 is 0 Å². The first kappa shape index (κ1) is 180. The van der Waals surface area contributed by atoms with Crippen LogP contribution in [0.2, 0.25) is 0 Å². The first-order chi connectivity index (χ1) is 0. The molecule has 32 valence electrons. The predicted molar refractivity (Wildman–Crippen MR) is 8.89 cm³/mol. The van der Waals surface area contributed by atoms with Gasteiger partial charge < -0.3 is 17.1 Å². The Labute approximate surface area is 38.9 Å². The van der Waals surface area contributed by atoms with Gasteiger partial charge in [-0.15, -0.1) is 0 Å². The van der Waals surface area contributed by atoms with Crippen LogP contribution >= 0.6 is 0 Å². The summed E-state index contributed by atoms with van der Waals surface area (Å²) in [7, 11) is 0. The van der Waals surface area contributed by atoms with E-state index in [0.717, 1.165) is 0 Å².